The molecule has 1 aromatic heterocycles. The van der Waals surface area contributed by atoms with Crippen LogP contribution in [0.15, 0.2) is 24.4 Å². The Morgan fingerprint density at radius 3 is 2.79 bits per heavy atom. The van der Waals surface area contributed by atoms with E-state index in [0.29, 0.717) is 12.2 Å². The van der Waals surface area contributed by atoms with E-state index in [-0.39, 0.29) is 17.1 Å². The normalized spacial score (nSPS) is 22.2. The second kappa shape index (κ2) is 7.78. The fraction of sp³-hybridized carbons (Fsp3) is 0.412. The topological polar surface area (TPSA) is 96.3 Å². The molecule has 28 heavy (non-hydrogen) atoms. The van der Waals surface area contributed by atoms with Crippen molar-refractivity contribution in [1.82, 2.24) is 18.8 Å². The van der Waals surface area contributed by atoms with Crippen LogP contribution in [-0.4, -0.2) is 41.5 Å². The lowest BCUT2D eigenvalue weighted by molar-refractivity contribution is -0.120. The quantitative estimate of drug-likeness (QED) is 0.778. The number of aromatic nitrogens is 2. The third-order valence-electron chi connectivity index (χ3n) is 4.74. The highest BCUT2D eigenvalue weighted by Gasteiger charge is 2.41. The number of hydrogen-bond acceptors (Lipinski definition) is 4. The Bertz CT molecular complexity index is 1010. The van der Waals surface area contributed by atoms with E-state index >= 15 is 0 Å². The fourth-order valence-electron chi connectivity index (χ4n) is 3.15. The van der Waals surface area contributed by atoms with Crippen LogP contribution in [0.25, 0.3) is 0 Å². The average molecular weight is 430 g/mol. The second-order valence-electron chi connectivity index (χ2n) is 6.59. The summed E-state index contributed by atoms with van der Waals surface area (Å²) in [6.07, 6.45) is 2.00. The Morgan fingerprint density at radius 1 is 1.46 bits per heavy atom. The minimum absolute atomic E-state index is 0.135. The largest absolute Gasteiger partial charge is 0.325 e. The molecule has 0 bridgehead atoms. The maximum atomic E-state index is 13.3. The van der Waals surface area contributed by atoms with Crippen LogP contribution >= 0.6 is 11.6 Å². The Labute approximate surface area is 167 Å². The highest BCUT2D eigenvalue weighted by molar-refractivity contribution is 7.87. The smallest absolute Gasteiger partial charge is 0.280 e. The number of nitrogens with zero attached hydrogens (tertiary/aromatic N) is 3. The Kier molecular flexibility index (Phi) is 5.76. The lowest BCUT2D eigenvalue weighted by Gasteiger charge is -2.36. The van der Waals surface area contributed by atoms with Gasteiger partial charge in [0.15, 0.2) is 0 Å². The first-order valence-corrected chi connectivity index (χ1v) is 10.5. The summed E-state index contributed by atoms with van der Waals surface area (Å²) in [5.74, 6) is -1.13. The number of anilines is 1. The second-order valence-corrected chi connectivity index (χ2v) is 8.76. The van der Waals surface area contributed by atoms with Crippen molar-refractivity contribution >= 4 is 33.4 Å². The summed E-state index contributed by atoms with van der Waals surface area (Å²) in [5, 5.41) is 6.82. The molecule has 2 atom stereocenters. The van der Waals surface area contributed by atoms with Crippen molar-refractivity contribution in [3.63, 3.8) is 0 Å². The summed E-state index contributed by atoms with van der Waals surface area (Å²) >= 11 is 5.74. The van der Waals surface area contributed by atoms with E-state index in [4.69, 9.17) is 11.6 Å². The molecule has 1 aliphatic heterocycles. The number of halogens is 2. The molecule has 2 heterocycles. The molecule has 3 rings (SSSR count). The summed E-state index contributed by atoms with van der Waals surface area (Å²) in [6.45, 7) is 4.37. The van der Waals surface area contributed by atoms with E-state index in [1.54, 1.807) is 17.8 Å². The molecule has 152 valence electrons. The van der Waals surface area contributed by atoms with Crippen LogP contribution in [0.2, 0.25) is 5.02 Å². The molecule has 1 amide bonds. The average Bonchev–Trinajstić information content (AvgIpc) is 3.01. The van der Waals surface area contributed by atoms with Gasteiger partial charge in [0.25, 0.3) is 10.2 Å². The number of carbonyl (C=O) groups is 1. The predicted molar refractivity (Wildman–Crippen MR) is 104 cm³/mol. The first-order valence-electron chi connectivity index (χ1n) is 8.67. The summed E-state index contributed by atoms with van der Waals surface area (Å²) < 4.78 is 43.7. The molecule has 0 saturated carbocycles. The van der Waals surface area contributed by atoms with Crippen LogP contribution in [0, 0.1) is 12.7 Å². The Morgan fingerprint density at radius 2 is 2.18 bits per heavy atom. The number of carbonyl (C=O) groups excluding carboxylic acids is 1. The van der Waals surface area contributed by atoms with Gasteiger partial charge in [0, 0.05) is 31.0 Å². The number of nitrogens with one attached hydrogen (secondary N) is 2. The van der Waals surface area contributed by atoms with Gasteiger partial charge in [-0.3, -0.25) is 9.48 Å². The van der Waals surface area contributed by atoms with Crippen LogP contribution in [0.1, 0.15) is 30.6 Å². The van der Waals surface area contributed by atoms with E-state index in [1.807, 2.05) is 6.92 Å². The van der Waals surface area contributed by atoms with Crippen molar-refractivity contribution in [3.05, 3.63) is 46.5 Å². The van der Waals surface area contributed by atoms with E-state index in [1.165, 1.54) is 19.2 Å². The van der Waals surface area contributed by atoms with Crippen molar-refractivity contribution in [1.29, 1.82) is 0 Å². The Balaban J connectivity index is 1.86. The van der Waals surface area contributed by atoms with Gasteiger partial charge >= 0.3 is 0 Å². The molecule has 0 radical (unpaired) electrons. The predicted octanol–water partition coefficient (Wildman–Crippen LogP) is 2.22. The third kappa shape index (κ3) is 4.04. The van der Waals surface area contributed by atoms with Crippen LogP contribution in [-0.2, 0) is 21.5 Å². The molecule has 8 nitrogen and oxygen atoms in total. The lowest BCUT2D eigenvalue weighted by atomic mass is 10.00. The van der Waals surface area contributed by atoms with E-state index in [2.05, 4.69) is 15.1 Å². The minimum Gasteiger partial charge on any atom is -0.325 e. The van der Waals surface area contributed by atoms with Crippen molar-refractivity contribution in [3.8, 4) is 0 Å². The summed E-state index contributed by atoms with van der Waals surface area (Å²) in [5.41, 5.74) is 1.71. The van der Waals surface area contributed by atoms with Gasteiger partial charge in [0.05, 0.1) is 16.8 Å². The zero-order valence-corrected chi connectivity index (χ0v) is 17.2. The van der Waals surface area contributed by atoms with Gasteiger partial charge in [0.1, 0.15) is 11.9 Å². The number of rotatable bonds is 4. The SMILES string of the molecule is CCn1cc(C2CC(C(=O)Nc3ccc(F)c(Cl)c3)N(C)S(=O)(=O)N2)c(C)n1. The van der Waals surface area contributed by atoms with Crippen LogP contribution in [0.4, 0.5) is 10.1 Å². The Hall–Kier alpha value is -2.01. The van der Waals surface area contributed by atoms with Crippen molar-refractivity contribution in [2.75, 3.05) is 12.4 Å². The molecule has 11 heteroatoms. The minimum atomic E-state index is -3.87. The highest BCUT2D eigenvalue weighted by atomic mass is 35.5. The lowest BCUT2D eigenvalue weighted by Crippen LogP contribution is -2.56. The molecule has 2 unspecified atom stereocenters. The van der Waals surface area contributed by atoms with Gasteiger partial charge in [-0.05, 0) is 38.5 Å². The molecule has 1 aromatic carbocycles. The zero-order valence-electron chi connectivity index (χ0n) is 15.6. The maximum absolute atomic E-state index is 13.3. The van der Waals surface area contributed by atoms with Gasteiger partial charge in [-0.1, -0.05) is 11.6 Å². The molecule has 1 fully saturated rings. The van der Waals surface area contributed by atoms with E-state index < -0.39 is 34.0 Å². The summed E-state index contributed by atoms with van der Waals surface area (Å²) in [7, 11) is -2.54. The number of aryl methyl sites for hydroxylation is 2. The maximum Gasteiger partial charge on any atom is 0.280 e. The molecule has 1 aliphatic rings. The molecule has 2 N–H and O–H groups in total. The number of amides is 1. The first-order chi connectivity index (χ1) is 13.1. The molecule has 0 spiro atoms. The molecule has 0 aliphatic carbocycles. The first kappa shape index (κ1) is 20.7. The molecular weight excluding hydrogens is 409 g/mol. The number of likely N-dealkylation sites (N-methyl/N-ethyl adjacent to an activating group) is 1. The van der Waals surface area contributed by atoms with Crippen molar-refractivity contribution in [2.24, 2.45) is 0 Å². The van der Waals surface area contributed by atoms with Gasteiger partial charge in [-0.15, -0.1) is 0 Å². The fourth-order valence-corrected chi connectivity index (χ4v) is 4.60. The van der Waals surface area contributed by atoms with Gasteiger partial charge in [-0.2, -0.15) is 22.5 Å². The number of benzene rings is 1. The van der Waals surface area contributed by atoms with Crippen molar-refractivity contribution in [2.45, 2.75) is 38.9 Å². The summed E-state index contributed by atoms with van der Waals surface area (Å²) in [4.78, 5) is 12.8. The molecule has 1 saturated heterocycles. The number of hydrogen-bond donors (Lipinski definition) is 2. The van der Waals surface area contributed by atoms with Gasteiger partial charge in [-0.25, -0.2) is 4.39 Å². The zero-order chi connectivity index (χ0) is 20.6. The van der Waals surface area contributed by atoms with Crippen molar-refractivity contribution < 1.29 is 17.6 Å². The third-order valence-corrected chi connectivity index (χ3v) is 6.63. The van der Waals surface area contributed by atoms with Crippen LogP contribution in [0.5, 0.6) is 0 Å². The molecule has 2 aromatic rings. The van der Waals surface area contributed by atoms with E-state index in [0.717, 1.165) is 15.9 Å². The summed E-state index contributed by atoms with van der Waals surface area (Å²) in [6, 6.07) is 2.23. The molecular formula is C17H21ClFN5O3S. The standard InChI is InChI=1S/C17H21ClFN5O3S/c1-4-24-9-12(10(2)21-24)15-8-16(23(3)28(26,27)22-15)17(25)20-11-5-6-14(19)13(18)7-11/h5-7,9,15-16,22H,4,8H2,1-3H3,(H,20,25). The van der Waals surface area contributed by atoms with Gasteiger partial charge < -0.3 is 5.32 Å². The highest BCUT2D eigenvalue weighted by Crippen LogP contribution is 2.30. The van der Waals surface area contributed by atoms with Gasteiger partial charge in [0.2, 0.25) is 5.91 Å². The van der Waals surface area contributed by atoms with Crippen LogP contribution < -0.4 is 10.0 Å². The van der Waals surface area contributed by atoms with E-state index in [9.17, 15) is 17.6 Å². The monoisotopic (exact) mass is 429 g/mol. The van der Waals surface area contributed by atoms with Crippen LogP contribution in [0.3, 0.4) is 0 Å².